The first-order valence-corrected chi connectivity index (χ1v) is 5.55. The number of aryl methyl sites for hydroxylation is 1. The van der Waals surface area contributed by atoms with Crippen LogP contribution in [0.2, 0.25) is 0 Å². The highest BCUT2D eigenvalue weighted by Crippen LogP contribution is 2.32. The van der Waals surface area contributed by atoms with Crippen LogP contribution in [0, 0.1) is 6.92 Å². The van der Waals surface area contributed by atoms with E-state index in [1.54, 1.807) is 12.1 Å². The Balaban J connectivity index is 3.23. The highest BCUT2D eigenvalue weighted by atomic mass is 19.4. The Morgan fingerprint density at radius 2 is 1.94 bits per heavy atom. The second-order valence-electron chi connectivity index (χ2n) is 4.05. The molecule has 1 atom stereocenters. The maximum Gasteiger partial charge on any atom is 0.416 e. The lowest BCUT2D eigenvalue weighted by Crippen LogP contribution is -2.07. The molecular formula is C14H16F3. The van der Waals surface area contributed by atoms with E-state index in [1.165, 1.54) is 6.07 Å². The molecule has 3 heteroatoms. The first-order valence-electron chi connectivity index (χ1n) is 5.55. The molecular weight excluding hydrogens is 225 g/mol. The summed E-state index contributed by atoms with van der Waals surface area (Å²) in [5.41, 5.74) is 0.667. The largest absolute Gasteiger partial charge is 0.416 e. The molecule has 17 heavy (non-hydrogen) atoms. The van der Waals surface area contributed by atoms with Gasteiger partial charge in [0.15, 0.2) is 0 Å². The smallest absolute Gasteiger partial charge is 0.166 e. The van der Waals surface area contributed by atoms with E-state index in [0.29, 0.717) is 17.5 Å². The molecule has 0 N–H and O–H groups in total. The lowest BCUT2D eigenvalue weighted by atomic mass is 9.95. The first-order chi connectivity index (χ1) is 7.88. The van der Waals surface area contributed by atoms with Gasteiger partial charge in [0.1, 0.15) is 0 Å². The molecule has 0 aliphatic carbocycles. The summed E-state index contributed by atoms with van der Waals surface area (Å²) in [7, 11) is 0. The van der Waals surface area contributed by atoms with Crippen molar-refractivity contribution in [2.24, 2.45) is 0 Å². The van der Waals surface area contributed by atoms with Gasteiger partial charge in [0.2, 0.25) is 0 Å². The number of alkyl halides is 3. The third-order valence-corrected chi connectivity index (χ3v) is 2.59. The molecule has 0 aliphatic rings. The molecule has 0 fully saturated rings. The van der Waals surface area contributed by atoms with Crippen molar-refractivity contribution < 1.29 is 13.2 Å². The van der Waals surface area contributed by atoms with Crippen molar-refractivity contribution in [2.45, 2.75) is 31.9 Å². The fraction of sp³-hybridized carbons (Fsp3) is 0.357. The SMILES string of the molecule is [CH2]C(C=C)c1cc(CCC)cc(C(F)(F)F)c1. The second kappa shape index (κ2) is 5.39. The normalized spacial score (nSPS) is 13.5. The van der Waals surface area contributed by atoms with Crippen molar-refractivity contribution in [3.63, 3.8) is 0 Å². The van der Waals surface area contributed by atoms with Gasteiger partial charge in [-0.25, -0.2) is 0 Å². The summed E-state index contributed by atoms with van der Waals surface area (Å²) in [4.78, 5) is 0. The molecule has 0 nitrogen and oxygen atoms in total. The Morgan fingerprint density at radius 1 is 1.29 bits per heavy atom. The summed E-state index contributed by atoms with van der Waals surface area (Å²) in [5.74, 6) is -0.312. The van der Waals surface area contributed by atoms with E-state index in [1.807, 2.05) is 6.92 Å². The highest BCUT2D eigenvalue weighted by molar-refractivity contribution is 5.36. The average Bonchev–Trinajstić information content (AvgIpc) is 2.27. The van der Waals surface area contributed by atoms with Gasteiger partial charge in [-0.3, -0.25) is 0 Å². The summed E-state index contributed by atoms with van der Waals surface area (Å²) < 4.78 is 38.1. The molecule has 0 aromatic heterocycles. The molecule has 0 bridgehead atoms. The van der Waals surface area contributed by atoms with Crippen molar-refractivity contribution in [1.82, 2.24) is 0 Å². The van der Waals surface area contributed by atoms with Crippen molar-refractivity contribution in [3.8, 4) is 0 Å². The molecule has 0 saturated carbocycles. The molecule has 1 aromatic rings. The third-order valence-electron chi connectivity index (χ3n) is 2.59. The minimum atomic E-state index is -4.31. The number of halogens is 3. The number of hydrogen-bond donors (Lipinski definition) is 0. The van der Waals surface area contributed by atoms with E-state index in [-0.39, 0.29) is 5.92 Å². The van der Waals surface area contributed by atoms with Gasteiger partial charge in [-0.2, -0.15) is 13.2 Å². The summed E-state index contributed by atoms with van der Waals surface area (Å²) in [6.07, 6.45) is -1.30. The molecule has 1 rings (SSSR count). The van der Waals surface area contributed by atoms with Crippen LogP contribution in [0.25, 0.3) is 0 Å². The van der Waals surface area contributed by atoms with Crippen molar-refractivity contribution in [3.05, 3.63) is 54.5 Å². The molecule has 93 valence electrons. The number of hydrogen-bond acceptors (Lipinski definition) is 0. The number of benzene rings is 1. The molecule has 0 amide bonds. The van der Waals surface area contributed by atoms with Crippen LogP contribution in [-0.4, -0.2) is 0 Å². The van der Waals surface area contributed by atoms with E-state index >= 15 is 0 Å². The summed E-state index contributed by atoms with van der Waals surface area (Å²) in [6, 6.07) is 4.14. The molecule has 1 aromatic carbocycles. The van der Waals surface area contributed by atoms with Crippen LogP contribution in [0.3, 0.4) is 0 Å². The molecule has 1 unspecified atom stereocenters. The van der Waals surface area contributed by atoms with Crippen LogP contribution >= 0.6 is 0 Å². The van der Waals surface area contributed by atoms with Crippen LogP contribution in [-0.2, 0) is 12.6 Å². The zero-order valence-corrected chi connectivity index (χ0v) is 9.85. The molecule has 0 heterocycles. The summed E-state index contributed by atoms with van der Waals surface area (Å²) in [6.45, 7) is 9.27. The standard InChI is InChI=1S/C14H16F3/c1-4-6-11-7-12(10(3)5-2)9-13(8-11)14(15,16)17/h5,7-10H,2-4,6H2,1H3. The summed E-state index contributed by atoms with van der Waals surface area (Å²) in [5, 5.41) is 0. The zero-order chi connectivity index (χ0) is 13.1. The van der Waals surface area contributed by atoms with E-state index < -0.39 is 11.7 Å². The van der Waals surface area contributed by atoms with Gasteiger partial charge in [0.05, 0.1) is 5.56 Å². The van der Waals surface area contributed by atoms with E-state index in [2.05, 4.69) is 13.5 Å². The van der Waals surface area contributed by atoms with Crippen LogP contribution in [0.5, 0.6) is 0 Å². The van der Waals surface area contributed by atoms with Gasteiger partial charge in [-0.05, 0) is 36.6 Å². The van der Waals surface area contributed by atoms with Crippen molar-refractivity contribution >= 4 is 0 Å². The fourth-order valence-electron chi connectivity index (χ4n) is 1.67. The third kappa shape index (κ3) is 3.62. The van der Waals surface area contributed by atoms with Gasteiger partial charge in [-0.1, -0.05) is 25.5 Å². The molecule has 0 spiro atoms. The van der Waals surface area contributed by atoms with Gasteiger partial charge >= 0.3 is 6.18 Å². The highest BCUT2D eigenvalue weighted by Gasteiger charge is 2.31. The van der Waals surface area contributed by atoms with Crippen LogP contribution < -0.4 is 0 Å². The van der Waals surface area contributed by atoms with Crippen LogP contribution in [0.1, 0.15) is 36.0 Å². The number of allylic oxidation sites excluding steroid dienone is 1. The van der Waals surface area contributed by atoms with Crippen LogP contribution in [0.4, 0.5) is 13.2 Å². The molecule has 0 aliphatic heterocycles. The Hall–Kier alpha value is -1.25. The monoisotopic (exact) mass is 241 g/mol. The lowest BCUT2D eigenvalue weighted by molar-refractivity contribution is -0.137. The first kappa shape index (κ1) is 13.8. The van der Waals surface area contributed by atoms with E-state index in [9.17, 15) is 13.2 Å². The number of rotatable bonds is 4. The Kier molecular flexibility index (Phi) is 4.38. The Bertz CT molecular complexity index is 391. The van der Waals surface area contributed by atoms with E-state index in [4.69, 9.17) is 0 Å². The van der Waals surface area contributed by atoms with Gasteiger partial charge in [0.25, 0.3) is 0 Å². The average molecular weight is 241 g/mol. The Morgan fingerprint density at radius 3 is 2.41 bits per heavy atom. The molecule has 0 saturated heterocycles. The lowest BCUT2D eigenvalue weighted by Gasteiger charge is -2.14. The van der Waals surface area contributed by atoms with Crippen LogP contribution in [0.15, 0.2) is 30.9 Å². The zero-order valence-electron chi connectivity index (χ0n) is 9.85. The predicted octanol–water partition coefficient (Wildman–Crippen LogP) is 4.76. The minimum absolute atomic E-state index is 0.312. The van der Waals surface area contributed by atoms with Crippen molar-refractivity contribution in [2.75, 3.05) is 0 Å². The van der Waals surface area contributed by atoms with E-state index in [0.717, 1.165) is 12.5 Å². The fourth-order valence-corrected chi connectivity index (χ4v) is 1.67. The minimum Gasteiger partial charge on any atom is -0.166 e. The quantitative estimate of drug-likeness (QED) is 0.666. The summed E-state index contributed by atoms with van der Waals surface area (Å²) >= 11 is 0. The predicted molar refractivity (Wildman–Crippen MR) is 63.7 cm³/mol. The van der Waals surface area contributed by atoms with Gasteiger partial charge in [0, 0.05) is 5.92 Å². The molecule has 1 radical (unpaired) electrons. The maximum atomic E-state index is 12.7. The topological polar surface area (TPSA) is 0 Å². The Labute approximate surface area is 100 Å². The van der Waals surface area contributed by atoms with Crippen molar-refractivity contribution in [1.29, 1.82) is 0 Å². The maximum absolute atomic E-state index is 12.7. The van der Waals surface area contributed by atoms with Gasteiger partial charge in [-0.15, -0.1) is 6.58 Å². The van der Waals surface area contributed by atoms with Gasteiger partial charge < -0.3 is 0 Å². The second-order valence-corrected chi connectivity index (χ2v) is 4.05.